The van der Waals surface area contributed by atoms with Crippen molar-refractivity contribution in [3.8, 4) is 5.75 Å². The number of nitrogens with zero attached hydrogens (tertiary/aromatic N) is 1. The van der Waals surface area contributed by atoms with E-state index in [9.17, 15) is 5.11 Å². The molecule has 3 heteroatoms. The molecule has 0 saturated heterocycles. The first kappa shape index (κ1) is 14.1. The number of aliphatic hydroxyl groups excluding tert-OH is 1. The second-order valence-corrected chi connectivity index (χ2v) is 5.50. The maximum atomic E-state index is 10.4. The fourth-order valence-corrected chi connectivity index (χ4v) is 2.89. The Kier molecular flexibility index (Phi) is 4.20. The van der Waals surface area contributed by atoms with Crippen LogP contribution in [0.4, 0.5) is 0 Å². The topological polar surface area (TPSA) is 42.4 Å². The van der Waals surface area contributed by atoms with Gasteiger partial charge in [-0.05, 0) is 48.1 Å². The molecule has 0 bridgehead atoms. The van der Waals surface area contributed by atoms with Crippen LogP contribution in [-0.2, 0) is 19.3 Å². The smallest absolute Gasteiger partial charge is 0.122 e. The van der Waals surface area contributed by atoms with Crippen molar-refractivity contribution in [2.45, 2.75) is 38.7 Å². The molecule has 0 fully saturated rings. The molecule has 1 unspecified atom stereocenters. The zero-order chi connectivity index (χ0) is 14.7. The highest BCUT2D eigenvalue weighted by Gasteiger charge is 2.15. The monoisotopic (exact) mass is 283 g/mol. The first-order valence-electron chi connectivity index (χ1n) is 7.64. The molecule has 0 spiro atoms. The molecule has 110 valence electrons. The van der Waals surface area contributed by atoms with Crippen LogP contribution in [0.2, 0.25) is 0 Å². The molecule has 0 amide bonds. The van der Waals surface area contributed by atoms with E-state index < -0.39 is 6.10 Å². The lowest BCUT2D eigenvalue weighted by atomic mass is 9.99. The van der Waals surface area contributed by atoms with Crippen LogP contribution < -0.4 is 4.74 Å². The number of hydrogen-bond donors (Lipinski definition) is 1. The average molecular weight is 283 g/mol. The van der Waals surface area contributed by atoms with Crippen LogP contribution >= 0.6 is 0 Å². The van der Waals surface area contributed by atoms with Gasteiger partial charge in [0.1, 0.15) is 5.75 Å². The molecule has 1 aromatic carbocycles. The number of aryl methyl sites for hydroxylation is 2. The Labute approximate surface area is 125 Å². The Morgan fingerprint density at radius 1 is 1.33 bits per heavy atom. The van der Waals surface area contributed by atoms with Crippen LogP contribution in [-0.4, -0.2) is 16.7 Å². The average Bonchev–Trinajstić information content (AvgIpc) is 3.00. The zero-order valence-corrected chi connectivity index (χ0v) is 12.4. The van der Waals surface area contributed by atoms with Gasteiger partial charge in [-0.2, -0.15) is 0 Å². The molecule has 1 aliphatic heterocycles. The highest BCUT2D eigenvalue weighted by molar-refractivity contribution is 5.39. The van der Waals surface area contributed by atoms with Crippen molar-refractivity contribution < 1.29 is 9.84 Å². The van der Waals surface area contributed by atoms with Gasteiger partial charge >= 0.3 is 0 Å². The molecule has 1 aliphatic rings. The van der Waals surface area contributed by atoms with Gasteiger partial charge in [0.25, 0.3) is 0 Å². The molecule has 0 saturated carbocycles. The fourth-order valence-electron chi connectivity index (χ4n) is 2.89. The van der Waals surface area contributed by atoms with E-state index in [1.807, 2.05) is 18.2 Å². The SMILES string of the molecule is CCc1cccnc1C(O)CCc1ccc2c(c1)CCO2. The fraction of sp³-hybridized carbons (Fsp3) is 0.389. The van der Waals surface area contributed by atoms with Crippen LogP contribution in [0.25, 0.3) is 0 Å². The Morgan fingerprint density at radius 2 is 2.24 bits per heavy atom. The third kappa shape index (κ3) is 3.08. The molecule has 1 atom stereocenters. The number of benzene rings is 1. The van der Waals surface area contributed by atoms with Gasteiger partial charge in [-0.15, -0.1) is 0 Å². The maximum Gasteiger partial charge on any atom is 0.122 e. The molecule has 2 aromatic rings. The molecule has 0 aliphatic carbocycles. The molecule has 3 rings (SSSR count). The molecule has 3 nitrogen and oxygen atoms in total. The van der Waals surface area contributed by atoms with Crippen LogP contribution in [0, 0.1) is 0 Å². The number of ether oxygens (including phenoxy) is 1. The summed E-state index contributed by atoms with van der Waals surface area (Å²) in [5.41, 5.74) is 4.50. The van der Waals surface area contributed by atoms with Crippen molar-refractivity contribution in [2.24, 2.45) is 0 Å². The standard InChI is InChI=1S/C18H21NO2/c1-2-14-4-3-10-19-18(14)16(20)7-5-13-6-8-17-15(12-13)9-11-21-17/h3-4,6,8,10,12,16,20H,2,5,7,9,11H2,1H3. The highest BCUT2D eigenvalue weighted by Crippen LogP contribution is 2.27. The van der Waals surface area contributed by atoms with E-state index in [2.05, 4.69) is 24.0 Å². The van der Waals surface area contributed by atoms with Gasteiger partial charge in [0.05, 0.1) is 18.4 Å². The number of pyridine rings is 1. The lowest BCUT2D eigenvalue weighted by Crippen LogP contribution is -2.06. The normalized spacial score (nSPS) is 14.6. The summed E-state index contributed by atoms with van der Waals surface area (Å²) in [5.74, 6) is 1.01. The summed E-state index contributed by atoms with van der Waals surface area (Å²) in [6.07, 6.45) is 4.70. The van der Waals surface area contributed by atoms with E-state index in [1.54, 1.807) is 6.20 Å². The van der Waals surface area contributed by atoms with Crippen LogP contribution in [0.1, 0.15) is 41.8 Å². The van der Waals surface area contributed by atoms with E-state index >= 15 is 0 Å². The number of fused-ring (bicyclic) bond motifs is 1. The van der Waals surface area contributed by atoms with E-state index in [0.717, 1.165) is 42.9 Å². The Hall–Kier alpha value is -1.87. The molecule has 1 N–H and O–H groups in total. The maximum absolute atomic E-state index is 10.4. The van der Waals surface area contributed by atoms with Crippen molar-refractivity contribution in [2.75, 3.05) is 6.61 Å². The van der Waals surface area contributed by atoms with E-state index in [-0.39, 0.29) is 0 Å². The van der Waals surface area contributed by atoms with Crippen molar-refractivity contribution in [1.29, 1.82) is 0 Å². The minimum absolute atomic E-state index is 0.495. The summed E-state index contributed by atoms with van der Waals surface area (Å²) in [7, 11) is 0. The predicted octanol–water partition coefficient (Wildman–Crippen LogP) is 3.25. The van der Waals surface area contributed by atoms with E-state index in [1.165, 1.54) is 11.1 Å². The number of aliphatic hydroxyl groups is 1. The lowest BCUT2D eigenvalue weighted by molar-refractivity contribution is 0.162. The van der Waals surface area contributed by atoms with Gasteiger partial charge in [-0.1, -0.05) is 25.1 Å². The summed E-state index contributed by atoms with van der Waals surface area (Å²) in [6.45, 7) is 2.88. The molecule has 21 heavy (non-hydrogen) atoms. The summed E-state index contributed by atoms with van der Waals surface area (Å²) in [5, 5.41) is 10.4. The van der Waals surface area contributed by atoms with Crippen LogP contribution in [0.3, 0.4) is 0 Å². The quantitative estimate of drug-likeness (QED) is 0.916. The van der Waals surface area contributed by atoms with Gasteiger partial charge in [0.15, 0.2) is 0 Å². The van der Waals surface area contributed by atoms with E-state index in [4.69, 9.17) is 4.74 Å². The molecule has 2 heterocycles. The minimum Gasteiger partial charge on any atom is -0.493 e. The zero-order valence-electron chi connectivity index (χ0n) is 12.4. The van der Waals surface area contributed by atoms with Gasteiger partial charge in [0.2, 0.25) is 0 Å². The summed E-state index contributed by atoms with van der Waals surface area (Å²) >= 11 is 0. The Morgan fingerprint density at radius 3 is 3.10 bits per heavy atom. The first-order chi connectivity index (χ1) is 10.3. The molecular formula is C18H21NO2. The van der Waals surface area contributed by atoms with Crippen LogP contribution in [0.15, 0.2) is 36.5 Å². The Balaban J connectivity index is 1.67. The van der Waals surface area contributed by atoms with Crippen molar-refractivity contribution in [1.82, 2.24) is 4.98 Å². The van der Waals surface area contributed by atoms with Gasteiger partial charge in [-0.3, -0.25) is 4.98 Å². The minimum atomic E-state index is -0.495. The predicted molar refractivity (Wildman–Crippen MR) is 82.5 cm³/mol. The number of aromatic nitrogens is 1. The third-order valence-corrected chi connectivity index (χ3v) is 4.08. The number of rotatable bonds is 5. The molecule has 1 aromatic heterocycles. The molecular weight excluding hydrogens is 262 g/mol. The van der Waals surface area contributed by atoms with Crippen molar-refractivity contribution >= 4 is 0 Å². The van der Waals surface area contributed by atoms with Crippen molar-refractivity contribution in [3.05, 3.63) is 58.9 Å². The van der Waals surface area contributed by atoms with Gasteiger partial charge in [-0.25, -0.2) is 0 Å². The molecule has 0 radical (unpaired) electrons. The summed E-state index contributed by atoms with van der Waals surface area (Å²) in [4.78, 5) is 4.35. The van der Waals surface area contributed by atoms with Crippen LogP contribution in [0.5, 0.6) is 5.75 Å². The van der Waals surface area contributed by atoms with E-state index in [0.29, 0.717) is 6.42 Å². The van der Waals surface area contributed by atoms with Crippen molar-refractivity contribution in [3.63, 3.8) is 0 Å². The first-order valence-corrected chi connectivity index (χ1v) is 7.64. The second kappa shape index (κ2) is 6.27. The number of hydrogen-bond acceptors (Lipinski definition) is 3. The van der Waals surface area contributed by atoms with Gasteiger partial charge < -0.3 is 9.84 Å². The third-order valence-electron chi connectivity index (χ3n) is 4.08. The summed E-state index contributed by atoms with van der Waals surface area (Å²) in [6, 6.07) is 10.3. The van der Waals surface area contributed by atoms with Gasteiger partial charge in [0, 0.05) is 12.6 Å². The summed E-state index contributed by atoms with van der Waals surface area (Å²) < 4.78 is 5.52. The largest absolute Gasteiger partial charge is 0.493 e. The Bertz CT molecular complexity index is 624. The highest BCUT2D eigenvalue weighted by atomic mass is 16.5. The second-order valence-electron chi connectivity index (χ2n) is 5.50. The lowest BCUT2D eigenvalue weighted by Gasteiger charge is -2.13.